The first kappa shape index (κ1) is 11.0. The standard InChI is InChI=1S/C13H13BrN2/c14-13-7-6-11(15)8-10(13)9-16-12-4-2-1-3-5-12/h1-8,16H,9,15H2. The highest BCUT2D eigenvalue weighted by atomic mass is 79.9. The van der Waals surface area contributed by atoms with Crippen LogP contribution in [-0.2, 0) is 6.54 Å². The second kappa shape index (κ2) is 5.03. The predicted molar refractivity (Wildman–Crippen MR) is 72.3 cm³/mol. The fourth-order valence-electron chi connectivity index (χ4n) is 1.48. The van der Waals surface area contributed by atoms with Crippen molar-refractivity contribution in [2.75, 3.05) is 11.1 Å². The maximum absolute atomic E-state index is 5.75. The molecule has 0 aliphatic carbocycles. The van der Waals surface area contributed by atoms with Crippen molar-refractivity contribution in [2.45, 2.75) is 6.54 Å². The lowest BCUT2D eigenvalue weighted by Gasteiger charge is -2.08. The highest BCUT2D eigenvalue weighted by Crippen LogP contribution is 2.20. The molecule has 0 bridgehead atoms. The zero-order chi connectivity index (χ0) is 11.4. The average molecular weight is 277 g/mol. The van der Waals surface area contributed by atoms with Gasteiger partial charge in [-0.25, -0.2) is 0 Å². The number of nitrogens with one attached hydrogen (secondary N) is 1. The van der Waals surface area contributed by atoms with Crippen LogP contribution in [0.2, 0.25) is 0 Å². The molecule has 2 aromatic rings. The molecular formula is C13H13BrN2. The minimum Gasteiger partial charge on any atom is -0.399 e. The molecule has 0 aromatic heterocycles. The molecule has 3 heteroatoms. The van der Waals surface area contributed by atoms with Crippen LogP contribution in [0.4, 0.5) is 11.4 Å². The van der Waals surface area contributed by atoms with Crippen molar-refractivity contribution >= 4 is 27.3 Å². The first-order valence-electron chi connectivity index (χ1n) is 5.08. The van der Waals surface area contributed by atoms with E-state index >= 15 is 0 Å². The summed E-state index contributed by atoms with van der Waals surface area (Å²) in [6.45, 7) is 0.760. The molecule has 0 fully saturated rings. The van der Waals surface area contributed by atoms with Crippen LogP contribution < -0.4 is 11.1 Å². The molecule has 0 saturated heterocycles. The van der Waals surface area contributed by atoms with Gasteiger partial charge in [0, 0.05) is 22.4 Å². The van der Waals surface area contributed by atoms with Gasteiger partial charge in [0.25, 0.3) is 0 Å². The van der Waals surface area contributed by atoms with Crippen LogP contribution in [0.5, 0.6) is 0 Å². The number of halogens is 1. The Morgan fingerprint density at radius 2 is 1.81 bits per heavy atom. The van der Waals surface area contributed by atoms with Gasteiger partial charge in [-0.15, -0.1) is 0 Å². The fourth-order valence-corrected chi connectivity index (χ4v) is 1.87. The van der Waals surface area contributed by atoms with E-state index in [1.54, 1.807) is 0 Å². The van der Waals surface area contributed by atoms with Gasteiger partial charge in [0.1, 0.15) is 0 Å². The van der Waals surface area contributed by atoms with Gasteiger partial charge in [-0.2, -0.15) is 0 Å². The molecule has 0 amide bonds. The molecule has 16 heavy (non-hydrogen) atoms. The maximum atomic E-state index is 5.75. The maximum Gasteiger partial charge on any atom is 0.0412 e. The van der Waals surface area contributed by atoms with E-state index in [0.29, 0.717) is 0 Å². The Hall–Kier alpha value is -1.48. The second-order valence-corrected chi connectivity index (χ2v) is 4.42. The highest BCUT2D eigenvalue weighted by Gasteiger charge is 2.00. The minimum absolute atomic E-state index is 0.760. The molecule has 0 spiro atoms. The number of anilines is 2. The van der Waals surface area contributed by atoms with E-state index in [9.17, 15) is 0 Å². The van der Waals surface area contributed by atoms with Gasteiger partial charge in [-0.1, -0.05) is 34.1 Å². The van der Waals surface area contributed by atoms with Gasteiger partial charge in [-0.05, 0) is 35.9 Å². The Balaban J connectivity index is 2.08. The molecule has 0 radical (unpaired) electrons. The Morgan fingerprint density at radius 3 is 2.56 bits per heavy atom. The molecular weight excluding hydrogens is 264 g/mol. The first-order valence-corrected chi connectivity index (χ1v) is 5.88. The number of benzene rings is 2. The summed E-state index contributed by atoms with van der Waals surface area (Å²) in [7, 11) is 0. The summed E-state index contributed by atoms with van der Waals surface area (Å²) < 4.78 is 1.07. The van der Waals surface area contributed by atoms with Crippen molar-refractivity contribution in [1.82, 2.24) is 0 Å². The van der Waals surface area contributed by atoms with Gasteiger partial charge in [0.2, 0.25) is 0 Å². The molecule has 82 valence electrons. The van der Waals surface area contributed by atoms with Gasteiger partial charge >= 0.3 is 0 Å². The van der Waals surface area contributed by atoms with Gasteiger partial charge in [-0.3, -0.25) is 0 Å². The van der Waals surface area contributed by atoms with Crippen molar-refractivity contribution in [2.24, 2.45) is 0 Å². The summed E-state index contributed by atoms with van der Waals surface area (Å²) in [5.41, 5.74) is 8.80. The molecule has 3 N–H and O–H groups in total. The number of hydrogen-bond donors (Lipinski definition) is 2. The first-order chi connectivity index (χ1) is 7.75. The van der Waals surface area contributed by atoms with Crippen molar-refractivity contribution < 1.29 is 0 Å². The van der Waals surface area contributed by atoms with E-state index in [0.717, 1.165) is 28.0 Å². The van der Waals surface area contributed by atoms with E-state index in [-0.39, 0.29) is 0 Å². The van der Waals surface area contributed by atoms with Crippen LogP contribution in [0.3, 0.4) is 0 Å². The van der Waals surface area contributed by atoms with Gasteiger partial charge in [0.15, 0.2) is 0 Å². The number of hydrogen-bond acceptors (Lipinski definition) is 2. The van der Waals surface area contributed by atoms with Crippen molar-refractivity contribution in [3.63, 3.8) is 0 Å². The van der Waals surface area contributed by atoms with E-state index < -0.39 is 0 Å². The zero-order valence-corrected chi connectivity index (χ0v) is 10.4. The molecule has 2 rings (SSSR count). The third kappa shape index (κ3) is 2.76. The third-order valence-corrected chi connectivity index (χ3v) is 3.10. The zero-order valence-electron chi connectivity index (χ0n) is 8.78. The SMILES string of the molecule is Nc1ccc(Br)c(CNc2ccccc2)c1. The summed E-state index contributed by atoms with van der Waals surface area (Å²) in [4.78, 5) is 0. The van der Waals surface area contributed by atoms with E-state index in [2.05, 4.69) is 21.2 Å². The molecule has 0 saturated carbocycles. The van der Waals surface area contributed by atoms with Crippen LogP contribution in [0, 0.1) is 0 Å². The van der Waals surface area contributed by atoms with Gasteiger partial charge < -0.3 is 11.1 Å². The highest BCUT2D eigenvalue weighted by molar-refractivity contribution is 9.10. The largest absolute Gasteiger partial charge is 0.399 e. The summed E-state index contributed by atoms with van der Waals surface area (Å²) in [6.07, 6.45) is 0. The van der Waals surface area contributed by atoms with Gasteiger partial charge in [0.05, 0.1) is 0 Å². The predicted octanol–water partition coefficient (Wildman–Crippen LogP) is 3.64. The molecule has 0 aliphatic rings. The Kier molecular flexibility index (Phi) is 3.47. The van der Waals surface area contributed by atoms with Crippen LogP contribution in [-0.4, -0.2) is 0 Å². The number of nitrogen functional groups attached to an aromatic ring is 1. The molecule has 0 aliphatic heterocycles. The summed E-state index contributed by atoms with van der Waals surface area (Å²) >= 11 is 3.51. The summed E-state index contributed by atoms with van der Waals surface area (Å²) in [6, 6.07) is 15.9. The molecule has 0 unspecified atom stereocenters. The summed E-state index contributed by atoms with van der Waals surface area (Å²) in [5, 5.41) is 3.34. The molecule has 0 atom stereocenters. The Labute approximate surface area is 104 Å². The van der Waals surface area contributed by atoms with Crippen LogP contribution in [0.15, 0.2) is 53.0 Å². The van der Waals surface area contributed by atoms with Crippen LogP contribution >= 0.6 is 15.9 Å². The van der Waals surface area contributed by atoms with Crippen LogP contribution in [0.1, 0.15) is 5.56 Å². The third-order valence-electron chi connectivity index (χ3n) is 2.33. The Bertz CT molecular complexity index is 469. The van der Waals surface area contributed by atoms with E-state index in [1.807, 2.05) is 48.5 Å². The fraction of sp³-hybridized carbons (Fsp3) is 0.0769. The Morgan fingerprint density at radius 1 is 1.06 bits per heavy atom. The summed E-state index contributed by atoms with van der Waals surface area (Å²) in [5.74, 6) is 0. The number of rotatable bonds is 3. The quantitative estimate of drug-likeness (QED) is 0.840. The van der Waals surface area contributed by atoms with Crippen molar-refractivity contribution in [3.05, 3.63) is 58.6 Å². The normalized spacial score (nSPS) is 10.1. The van der Waals surface area contributed by atoms with E-state index in [1.165, 1.54) is 0 Å². The van der Waals surface area contributed by atoms with E-state index in [4.69, 9.17) is 5.73 Å². The number of nitrogens with two attached hydrogens (primary N) is 1. The smallest absolute Gasteiger partial charge is 0.0412 e. The molecule has 0 heterocycles. The minimum atomic E-state index is 0.760. The van der Waals surface area contributed by atoms with Crippen molar-refractivity contribution in [1.29, 1.82) is 0 Å². The lowest BCUT2D eigenvalue weighted by atomic mass is 10.2. The van der Waals surface area contributed by atoms with Crippen molar-refractivity contribution in [3.8, 4) is 0 Å². The molecule has 2 aromatic carbocycles. The molecule has 2 nitrogen and oxygen atoms in total. The second-order valence-electron chi connectivity index (χ2n) is 3.57. The number of para-hydroxylation sites is 1. The average Bonchev–Trinajstić information content (AvgIpc) is 2.32. The lowest BCUT2D eigenvalue weighted by molar-refractivity contribution is 1.14. The monoisotopic (exact) mass is 276 g/mol. The topological polar surface area (TPSA) is 38.0 Å². The lowest BCUT2D eigenvalue weighted by Crippen LogP contribution is -2.00. The van der Waals surface area contributed by atoms with Crippen LogP contribution in [0.25, 0.3) is 0 Å².